The Bertz CT molecular complexity index is 918. The maximum atomic E-state index is 13.3. The molecule has 186 valence electrons. The highest BCUT2D eigenvalue weighted by atomic mass is 19.4. The number of hydrogen-bond acceptors (Lipinski definition) is 4. The third-order valence-corrected chi connectivity index (χ3v) is 7.40. The van der Waals surface area contributed by atoms with Crippen LogP contribution < -0.4 is 4.74 Å². The van der Waals surface area contributed by atoms with Gasteiger partial charge in [0.25, 0.3) is 0 Å². The van der Waals surface area contributed by atoms with Crippen molar-refractivity contribution in [2.75, 3.05) is 39.8 Å². The van der Waals surface area contributed by atoms with Crippen LogP contribution >= 0.6 is 0 Å². The van der Waals surface area contributed by atoms with Crippen LogP contribution in [0.15, 0.2) is 48.5 Å². The number of piperazine rings is 1. The Morgan fingerprint density at radius 1 is 0.941 bits per heavy atom. The van der Waals surface area contributed by atoms with Crippen LogP contribution in [0.4, 0.5) is 13.2 Å². The van der Waals surface area contributed by atoms with Gasteiger partial charge in [0, 0.05) is 44.2 Å². The van der Waals surface area contributed by atoms with Gasteiger partial charge in [-0.3, -0.25) is 0 Å². The summed E-state index contributed by atoms with van der Waals surface area (Å²) in [5.74, 6) is 0.519. The van der Waals surface area contributed by atoms with Gasteiger partial charge in [0.05, 0.1) is 11.2 Å². The fraction of sp³-hybridized carbons (Fsp3) is 0.556. The molecule has 1 aliphatic heterocycles. The van der Waals surface area contributed by atoms with Gasteiger partial charge in [-0.05, 0) is 43.7 Å². The van der Waals surface area contributed by atoms with Crippen LogP contribution in [0.25, 0.3) is 0 Å². The Kier molecular flexibility index (Phi) is 7.85. The van der Waals surface area contributed by atoms with Crippen LogP contribution in [-0.2, 0) is 12.8 Å². The summed E-state index contributed by atoms with van der Waals surface area (Å²) in [4.78, 5) is 4.76. The second kappa shape index (κ2) is 10.7. The van der Waals surface area contributed by atoms with Crippen LogP contribution in [0.2, 0.25) is 0 Å². The molecule has 0 aromatic heterocycles. The van der Waals surface area contributed by atoms with Crippen LogP contribution in [0.1, 0.15) is 54.7 Å². The highest BCUT2D eigenvalue weighted by Crippen LogP contribution is 2.41. The largest absolute Gasteiger partial charge is 0.489 e. The number of alkyl halides is 3. The van der Waals surface area contributed by atoms with Crippen molar-refractivity contribution in [2.24, 2.45) is 0 Å². The van der Waals surface area contributed by atoms with Gasteiger partial charge in [-0.25, -0.2) is 0 Å². The second-order valence-corrected chi connectivity index (χ2v) is 9.83. The van der Waals surface area contributed by atoms with E-state index < -0.39 is 17.3 Å². The average Bonchev–Trinajstić information content (AvgIpc) is 2.83. The minimum Gasteiger partial charge on any atom is -0.489 e. The number of ether oxygens (including phenoxy) is 1. The van der Waals surface area contributed by atoms with Crippen molar-refractivity contribution < 1.29 is 23.0 Å². The zero-order valence-corrected chi connectivity index (χ0v) is 19.9. The number of benzene rings is 2. The molecular formula is C27H35F3N2O2. The van der Waals surface area contributed by atoms with Crippen molar-refractivity contribution in [1.82, 2.24) is 9.80 Å². The van der Waals surface area contributed by atoms with Crippen LogP contribution in [-0.4, -0.2) is 60.3 Å². The Hall–Kier alpha value is -2.09. The van der Waals surface area contributed by atoms with Crippen molar-refractivity contribution in [1.29, 1.82) is 0 Å². The quantitative estimate of drug-likeness (QED) is 0.588. The lowest BCUT2D eigenvalue weighted by Gasteiger charge is -2.43. The molecule has 2 fully saturated rings. The van der Waals surface area contributed by atoms with Gasteiger partial charge in [-0.2, -0.15) is 13.2 Å². The number of halogens is 3. The van der Waals surface area contributed by atoms with E-state index in [9.17, 15) is 18.3 Å². The van der Waals surface area contributed by atoms with Crippen LogP contribution in [0.3, 0.4) is 0 Å². The third kappa shape index (κ3) is 6.12. The molecule has 1 saturated carbocycles. The zero-order chi connectivity index (χ0) is 24.2. The highest BCUT2D eigenvalue weighted by Gasteiger charge is 2.40. The first-order valence-electron chi connectivity index (χ1n) is 12.3. The molecule has 0 spiro atoms. The molecule has 7 heteroatoms. The van der Waals surface area contributed by atoms with E-state index in [4.69, 9.17) is 4.74 Å². The first kappa shape index (κ1) is 25.0. The monoisotopic (exact) mass is 476 g/mol. The van der Waals surface area contributed by atoms with E-state index in [2.05, 4.69) is 16.8 Å². The van der Waals surface area contributed by atoms with E-state index in [0.29, 0.717) is 5.75 Å². The van der Waals surface area contributed by atoms with Gasteiger partial charge in [0.15, 0.2) is 0 Å². The van der Waals surface area contributed by atoms with Gasteiger partial charge in [0.1, 0.15) is 12.4 Å². The number of hydrogen-bond donors (Lipinski definition) is 1. The number of rotatable bonds is 7. The SMILES string of the molecule is CN1CCN(CC(c2ccc(OCc3ccccc3C(F)(F)F)cc2)C2(O)CCCCC2)CC1. The Balaban J connectivity index is 1.48. The first-order valence-corrected chi connectivity index (χ1v) is 12.3. The molecule has 2 aromatic carbocycles. The molecule has 4 nitrogen and oxygen atoms in total. The summed E-state index contributed by atoms with van der Waals surface area (Å²) in [6.45, 7) is 4.69. The fourth-order valence-electron chi connectivity index (χ4n) is 5.27. The van der Waals surface area contributed by atoms with Gasteiger partial charge < -0.3 is 19.6 Å². The average molecular weight is 477 g/mol. The van der Waals surface area contributed by atoms with Crippen molar-refractivity contribution in [3.8, 4) is 5.75 Å². The van der Waals surface area contributed by atoms with Gasteiger partial charge in [-0.15, -0.1) is 0 Å². The second-order valence-electron chi connectivity index (χ2n) is 9.83. The minimum absolute atomic E-state index is 0.00351. The lowest BCUT2D eigenvalue weighted by atomic mass is 9.72. The van der Waals surface area contributed by atoms with Crippen LogP contribution in [0.5, 0.6) is 5.75 Å². The fourth-order valence-corrected chi connectivity index (χ4v) is 5.27. The van der Waals surface area contributed by atoms with E-state index in [1.807, 2.05) is 24.3 Å². The van der Waals surface area contributed by atoms with Gasteiger partial charge >= 0.3 is 6.18 Å². The number of nitrogens with zero attached hydrogens (tertiary/aromatic N) is 2. The minimum atomic E-state index is -4.41. The van der Waals surface area contributed by atoms with Gasteiger partial charge in [0.2, 0.25) is 0 Å². The Morgan fingerprint density at radius 3 is 2.24 bits per heavy atom. The zero-order valence-electron chi connectivity index (χ0n) is 19.9. The summed E-state index contributed by atoms with van der Waals surface area (Å²) in [7, 11) is 2.13. The molecule has 34 heavy (non-hydrogen) atoms. The number of likely N-dealkylation sites (N-methyl/N-ethyl adjacent to an activating group) is 1. The molecule has 0 radical (unpaired) electrons. The molecule has 0 bridgehead atoms. The van der Waals surface area contributed by atoms with E-state index in [-0.39, 0.29) is 18.1 Å². The molecule has 1 saturated heterocycles. The Labute approximate surface area is 200 Å². The summed E-state index contributed by atoms with van der Waals surface area (Å²) in [6, 6.07) is 13.1. The third-order valence-electron chi connectivity index (χ3n) is 7.40. The molecular weight excluding hydrogens is 441 g/mol. The first-order chi connectivity index (χ1) is 16.2. The maximum Gasteiger partial charge on any atom is 0.416 e. The smallest absolute Gasteiger partial charge is 0.416 e. The summed E-state index contributed by atoms with van der Waals surface area (Å²) in [6.07, 6.45) is 0.437. The predicted molar refractivity (Wildman–Crippen MR) is 127 cm³/mol. The normalized spacial score (nSPS) is 20.7. The predicted octanol–water partition coefficient (Wildman–Crippen LogP) is 5.31. The van der Waals surface area contributed by atoms with E-state index >= 15 is 0 Å². The highest BCUT2D eigenvalue weighted by molar-refractivity contribution is 5.33. The van der Waals surface area contributed by atoms with Crippen molar-refractivity contribution in [3.05, 3.63) is 65.2 Å². The van der Waals surface area contributed by atoms with Crippen LogP contribution in [0, 0.1) is 0 Å². The summed E-state index contributed by atoms with van der Waals surface area (Å²) >= 11 is 0. The number of aliphatic hydroxyl groups is 1. The molecule has 1 heterocycles. The molecule has 4 rings (SSSR count). The standard InChI is InChI=1S/C27H35F3N2O2/c1-31-15-17-32(18-16-31)19-25(26(33)13-5-2-6-14-26)21-9-11-23(12-10-21)34-20-22-7-3-4-8-24(22)27(28,29)30/h3-4,7-12,25,33H,2,5-6,13-20H2,1H3. The summed E-state index contributed by atoms with van der Waals surface area (Å²) in [5.41, 5.74) is -0.219. The molecule has 0 amide bonds. The molecule has 2 aromatic rings. The Morgan fingerprint density at radius 2 is 1.59 bits per heavy atom. The van der Waals surface area contributed by atoms with Crippen molar-refractivity contribution >= 4 is 0 Å². The van der Waals surface area contributed by atoms with E-state index in [1.165, 1.54) is 12.1 Å². The van der Waals surface area contributed by atoms with Crippen molar-refractivity contribution in [3.63, 3.8) is 0 Å². The van der Waals surface area contributed by atoms with Gasteiger partial charge in [-0.1, -0.05) is 49.6 Å². The lowest BCUT2D eigenvalue weighted by molar-refractivity contribution is -0.138. The molecule has 2 aliphatic rings. The topological polar surface area (TPSA) is 35.9 Å². The molecule has 1 atom stereocenters. The maximum absolute atomic E-state index is 13.3. The van der Waals surface area contributed by atoms with Crippen molar-refractivity contribution in [2.45, 2.75) is 56.4 Å². The molecule has 1 aliphatic carbocycles. The molecule has 1 N–H and O–H groups in total. The lowest BCUT2D eigenvalue weighted by Crippen LogP contribution is -2.50. The summed E-state index contributed by atoms with van der Waals surface area (Å²) < 4.78 is 45.5. The summed E-state index contributed by atoms with van der Waals surface area (Å²) in [5, 5.41) is 11.6. The van der Waals surface area contributed by atoms with E-state index in [0.717, 1.165) is 76.5 Å². The van der Waals surface area contributed by atoms with E-state index in [1.54, 1.807) is 6.07 Å². The molecule has 1 unspecified atom stereocenters.